The molecule has 0 saturated carbocycles. The van der Waals surface area contributed by atoms with E-state index in [0.717, 1.165) is 22.9 Å². The van der Waals surface area contributed by atoms with Crippen LogP contribution < -0.4 is 15.0 Å². The minimum atomic E-state index is -1.42. The molecule has 0 aromatic heterocycles. The van der Waals surface area contributed by atoms with Gasteiger partial charge in [0.2, 0.25) is 16.7 Å². The number of amides is 3. The Bertz CT molecular complexity index is 1180. The predicted octanol–water partition coefficient (Wildman–Crippen LogP) is 3.48. The Kier molecular flexibility index (Phi) is 5.92. The number of amidine groups is 1. The molecule has 1 N–H and O–H groups in total. The highest BCUT2D eigenvalue weighted by Gasteiger charge is 2.61. The van der Waals surface area contributed by atoms with Crippen molar-refractivity contribution in [1.29, 1.82) is 0 Å². The van der Waals surface area contributed by atoms with E-state index in [1.165, 1.54) is 18.9 Å². The van der Waals surface area contributed by atoms with Gasteiger partial charge in [0.1, 0.15) is 5.75 Å². The van der Waals surface area contributed by atoms with E-state index < -0.39 is 10.8 Å². The van der Waals surface area contributed by atoms with Gasteiger partial charge in [0.15, 0.2) is 5.17 Å². The second-order valence-corrected chi connectivity index (χ2v) is 9.53. The van der Waals surface area contributed by atoms with Crippen LogP contribution in [-0.4, -0.2) is 34.0 Å². The van der Waals surface area contributed by atoms with Gasteiger partial charge in [0.05, 0.1) is 18.3 Å². The van der Waals surface area contributed by atoms with Crippen molar-refractivity contribution in [3.63, 3.8) is 0 Å². The summed E-state index contributed by atoms with van der Waals surface area (Å²) in [5.41, 5.74) is 3.16. The molecule has 33 heavy (non-hydrogen) atoms. The Morgan fingerprint density at radius 2 is 1.91 bits per heavy atom. The highest BCUT2D eigenvalue weighted by Crippen LogP contribution is 2.55. The first kappa shape index (κ1) is 22.8. The number of nitrogens with one attached hydrogen (secondary N) is 1. The molecule has 0 fully saturated rings. The van der Waals surface area contributed by atoms with Crippen molar-refractivity contribution in [3.05, 3.63) is 59.2 Å². The van der Waals surface area contributed by atoms with Gasteiger partial charge >= 0.3 is 0 Å². The van der Waals surface area contributed by atoms with Gasteiger partial charge in [-0.05, 0) is 44.7 Å². The topological polar surface area (TPSA) is 91.3 Å². The molecule has 0 aliphatic carbocycles. The van der Waals surface area contributed by atoms with Crippen molar-refractivity contribution in [1.82, 2.24) is 10.3 Å². The summed E-state index contributed by atoms with van der Waals surface area (Å²) in [5, 5.41) is 8.32. The molecule has 172 valence electrons. The number of carbonyl (C=O) groups excluding carboxylic acids is 3. The summed E-state index contributed by atoms with van der Waals surface area (Å²) in [7, 11) is 0. The van der Waals surface area contributed by atoms with Crippen LogP contribution in [0.1, 0.15) is 44.4 Å². The highest BCUT2D eigenvalue weighted by atomic mass is 32.2. The summed E-state index contributed by atoms with van der Waals surface area (Å²) in [6.07, 6.45) is -0.0195. The summed E-state index contributed by atoms with van der Waals surface area (Å²) >= 11 is 1.07. The predicted molar refractivity (Wildman–Crippen MR) is 128 cm³/mol. The molecule has 1 atom stereocenters. The average molecular weight is 467 g/mol. The third-order valence-electron chi connectivity index (χ3n) is 5.32. The molecule has 1 spiro atoms. The van der Waals surface area contributed by atoms with E-state index >= 15 is 0 Å². The summed E-state index contributed by atoms with van der Waals surface area (Å²) in [6.45, 7) is 8.82. The van der Waals surface area contributed by atoms with Crippen LogP contribution in [0.4, 0.5) is 5.69 Å². The van der Waals surface area contributed by atoms with Crippen LogP contribution >= 0.6 is 11.8 Å². The van der Waals surface area contributed by atoms with E-state index in [0.29, 0.717) is 17.0 Å². The van der Waals surface area contributed by atoms with E-state index in [1.54, 1.807) is 4.90 Å². The number of anilines is 1. The first-order valence-corrected chi connectivity index (χ1v) is 11.5. The lowest BCUT2D eigenvalue weighted by atomic mass is 10.0. The van der Waals surface area contributed by atoms with Crippen LogP contribution in [0.3, 0.4) is 0 Å². The molecule has 0 saturated heterocycles. The van der Waals surface area contributed by atoms with Crippen LogP contribution in [0.25, 0.3) is 0 Å². The van der Waals surface area contributed by atoms with Gasteiger partial charge < -0.3 is 15.0 Å². The van der Waals surface area contributed by atoms with Crippen LogP contribution in [-0.2, 0) is 25.8 Å². The zero-order valence-electron chi connectivity index (χ0n) is 19.2. The number of fused-ring (bicyclic) bond motifs is 2. The molecule has 2 aliphatic rings. The molecule has 9 heteroatoms. The van der Waals surface area contributed by atoms with Gasteiger partial charge in [-0.2, -0.15) is 5.01 Å². The zero-order valence-corrected chi connectivity index (χ0v) is 20.0. The van der Waals surface area contributed by atoms with E-state index in [1.807, 2.05) is 63.2 Å². The maximum Gasteiger partial charge on any atom is 0.271 e. The fraction of sp³-hybridized carbons (Fsp3) is 0.333. The summed E-state index contributed by atoms with van der Waals surface area (Å²) in [4.78, 5) is 38.6. The summed E-state index contributed by atoms with van der Waals surface area (Å²) in [5.74, 6) is -0.318. The Hall–Kier alpha value is -3.33. The van der Waals surface area contributed by atoms with Crippen LogP contribution in [0.15, 0.2) is 47.6 Å². The second kappa shape index (κ2) is 8.55. The van der Waals surface area contributed by atoms with Crippen LogP contribution in [0.2, 0.25) is 0 Å². The molecule has 2 aliphatic heterocycles. The Labute approximate surface area is 197 Å². The normalized spacial score (nSPS) is 19.2. The Morgan fingerprint density at radius 1 is 1.18 bits per heavy atom. The molecular formula is C24H26N4O4S. The fourth-order valence-electron chi connectivity index (χ4n) is 4.06. The number of hydrazone groups is 1. The molecule has 8 nitrogen and oxygen atoms in total. The van der Waals surface area contributed by atoms with Crippen molar-refractivity contribution in [3.8, 4) is 5.75 Å². The Morgan fingerprint density at radius 3 is 2.58 bits per heavy atom. The molecule has 0 unspecified atom stereocenters. The number of hydrogen-bond donors (Lipinski definition) is 1. The lowest BCUT2D eigenvalue weighted by Gasteiger charge is -2.29. The van der Waals surface area contributed by atoms with Crippen LogP contribution in [0, 0.1) is 6.92 Å². The third-order valence-corrected chi connectivity index (χ3v) is 6.56. The maximum absolute atomic E-state index is 14.1. The Balaban J connectivity index is 1.81. The number of aryl methyl sites for hydroxylation is 1. The zero-order chi connectivity index (χ0) is 23.9. The molecule has 0 bridgehead atoms. The number of rotatable bonds is 4. The number of thioether (sulfide) groups is 1. The maximum atomic E-state index is 14.1. The fourth-order valence-corrected chi connectivity index (χ4v) is 5.38. The van der Waals surface area contributed by atoms with Gasteiger partial charge in [-0.15, -0.1) is 5.10 Å². The van der Waals surface area contributed by atoms with Crippen molar-refractivity contribution in [2.24, 2.45) is 5.10 Å². The van der Waals surface area contributed by atoms with Crippen LogP contribution in [0.5, 0.6) is 5.75 Å². The minimum Gasteiger partial charge on any atom is -0.491 e. The van der Waals surface area contributed by atoms with E-state index in [-0.39, 0.29) is 29.6 Å². The molecule has 2 aromatic carbocycles. The quantitative estimate of drug-likeness (QED) is 0.745. The van der Waals surface area contributed by atoms with Crippen molar-refractivity contribution >= 4 is 40.3 Å². The van der Waals surface area contributed by atoms with Crippen molar-refractivity contribution in [2.75, 3.05) is 4.90 Å². The monoisotopic (exact) mass is 466 g/mol. The first-order chi connectivity index (χ1) is 15.6. The number of carbonyl (C=O) groups is 3. The molecule has 2 heterocycles. The summed E-state index contributed by atoms with van der Waals surface area (Å²) < 4.78 is 5.96. The average Bonchev–Trinajstić information content (AvgIpc) is 3.21. The minimum absolute atomic E-state index is 0.0195. The molecule has 2 aromatic rings. The lowest BCUT2D eigenvalue weighted by molar-refractivity contribution is -0.139. The number of ether oxygens (including phenoxy) is 1. The van der Waals surface area contributed by atoms with Crippen molar-refractivity contribution in [2.45, 2.75) is 52.1 Å². The van der Waals surface area contributed by atoms with Gasteiger partial charge in [-0.25, -0.2) is 0 Å². The standard InChI is InChI=1S/C24H26N4O4S/c1-14(2)32-21-9-7-6-8-18(21)13-27-20-11-10-15(3)12-19(20)24(22(27)31)28(17(5)30)26-23(33-24)25-16(4)29/h6-12,14H,13H2,1-5H3,(H,25,26,29)/t24-/m0/s1. The third kappa shape index (κ3) is 3.97. The highest BCUT2D eigenvalue weighted by molar-refractivity contribution is 8.15. The second-order valence-electron chi connectivity index (χ2n) is 8.35. The number of hydrogen-bond acceptors (Lipinski definition) is 6. The molecule has 0 radical (unpaired) electrons. The van der Waals surface area contributed by atoms with Crippen molar-refractivity contribution < 1.29 is 19.1 Å². The first-order valence-electron chi connectivity index (χ1n) is 10.7. The molecule has 4 rings (SSSR count). The van der Waals surface area contributed by atoms with E-state index in [2.05, 4.69) is 10.4 Å². The number of benzene rings is 2. The summed E-state index contributed by atoms with van der Waals surface area (Å²) in [6, 6.07) is 13.3. The molecular weight excluding hydrogens is 440 g/mol. The van der Waals surface area contributed by atoms with Gasteiger partial charge in [-0.1, -0.05) is 35.9 Å². The van der Waals surface area contributed by atoms with Gasteiger partial charge in [-0.3, -0.25) is 14.4 Å². The molecule has 3 amide bonds. The van der Waals surface area contributed by atoms with E-state index in [9.17, 15) is 14.4 Å². The smallest absolute Gasteiger partial charge is 0.271 e. The van der Waals surface area contributed by atoms with Gasteiger partial charge in [0, 0.05) is 25.0 Å². The number of para-hydroxylation sites is 1. The van der Waals surface area contributed by atoms with Gasteiger partial charge in [0.25, 0.3) is 5.91 Å². The lowest BCUT2D eigenvalue weighted by Crippen LogP contribution is -2.48. The largest absolute Gasteiger partial charge is 0.491 e. The SMILES string of the molecule is CC(=O)NC1=NN(C(C)=O)[C@@]2(S1)C(=O)N(Cc1ccccc1OC(C)C)c1ccc(C)cc12. The number of nitrogens with zero attached hydrogens (tertiary/aromatic N) is 3. The van der Waals surface area contributed by atoms with E-state index in [4.69, 9.17) is 4.74 Å².